The van der Waals surface area contributed by atoms with E-state index in [4.69, 9.17) is 11.6 Å². The van der Waals surface area contributed by atoms with Crippen LogP contribution in [0.4, 0.5) is 0 Å². The Hall–Kier alpha value is -1.99. The van der Waals surface area contributed by atoms with Gasteiger partial charge in [-0.15, -0.1) is 0 Å². The molecule has 2 N–H and O–H groups in total. The van der Waals surface area contributed by atoms with Crippen LogP contribution in [0, 0.1) is 0 Å². The molecule has 0 aliphatic carbocycles. The summed E-state index contributed by atoms with van der Waals surface area (Å²) in [6.07, 6.45) is 4.61. The summed E-state index contributed by atoms with van der Waals surface area (Å²) in [5, 5.41) is 13.8. The molecule has 2 rings (SSSR count). The molecule has 1 amide bonds. The second-order valence-electron chi connectivity index (χ2n) is 6.79. The Morgan fingerprint density at radius 2 is 2.03 bits per heavy atom. The van der Waals surface area contributed by atoms with Gasteiger partial charge < -0.3 is 15.0 Å². The number of nitrogens with zero attached hydrogens (tertiary/aromatic N) is 2. The normalized spacial score (nSPS) is 12.0. The van der Waals surface area contributed by atoms with Crippen molar-refractivity contribution < 1.29 is 14.7 Å². The molecule has 1 heterocycles. The smallest absolute Gasteiger partial charge is 0.326 e. The Labute approximate surface area is 181 Å². The predicted octanol–water partition coefficient (Wildman–Crippen LogP) is 4.19. The van der Waals surface area contributed by atoms with Gasteiger partial charge in [-0.3, -0.25) is 4.79 Å². The van der Waals surface area contributed by atoms with Crippen molar-refractivity contribution in [2.75, 3.05) is 5.75 Å². The van der Waals surface area contributed by atoms with Crippen LogP contribution < -0.4 is 5.32 Å². The highest BCUT2D eigenvalue weighted by Crippen LogP contribution is 2.23. The number of carboxylic acid groups (broad SMARTS) is 1. The molecule has 1 atom stereocenters. The van der Waals surface area contributed by atoms with Crippen LogP contribution in [0.25, 0.3) is 0 Å². The number of amides is 1. The van der Waals surface area contributed by atoms with Crippen LogP contribution >= 0.6 is 23.4 Å². The maximum Gasteiger partial charge on any atom is 0.326 e. The third kappa shape index (κ3) is 7.08. The van der Waals surface area contributed by atoms with Crippen LogP contribution in [0.3, 0.4) is 0 Å². The molecule has 0 aliphatic rings. The average Bonchev–Trinajstić information content (AvgIpc) is 3.06. The second-order valence-corrected chi connectivity index (χ2v) is 8.26. The van der Waals surface area contributed by atoms with E-state index in [0.29, 0.717) is 30.8 Å². The molecule has 6 nitrogen and oxygen atoms in total. The van der Waals surface area contributed by atoms with E-state index in [0.717, 1.165) is 28.6 Å². The third-order valence-electron chi connectivity index (χ3n) is 4.42. The number of imidazole rings is 1. The summed E-state index contributed by atoms with van der Waals surface area (Å²) in [6.45, 7) is 4.63. The van der Waals surface area contributed by atoms with Crippen LogP contribution in [0.15, 0.2) is 35.6 Å². The fourth-order valence-corrected chi connectivity index (χ4v) is 4.05. The number of aromatic nitrogens is 2. The van der Waals surface area contributed by atoms with Gasteiger partial charge in [-0.25, -0.2) is 9.78 Å². The SMILES string of the molecule is CCCSc1ncc(C[C@H](NC(=O)CCC)C(=O)O)n1CCc1ccccc1Cl. The molecule has 1 aromatic heterocycles. The number of halogens is 1. The van der Waals surface area contributed by atoms with Crippen molar-refractivity contribution in [3.63, 3.8) is 0 Å². The minimum atomic E-state index is -1.05. The molecular weight excluding hydrogens is 410 g/mol. The third-order valence-corrected chi connectivity index (χ3v) is 5.99. The van der Waals surface area contributed by atoms with Crippen LogP contribution in [0.2, 0.25) is 5.02 Å². The summed E-state index contributed by atoms with van der Waals surface area (Å²) in [7, 11) is 0. The van der Waals surface area contributed by atoms with Gasteiger partial charge in [0.05, 0.1) is 0 Å². The van der Waals surface area contributed by atoms with Gasteiger partial charge in [0.1, 0.15) is 6.04 Å². The monoisotopic (exact) mass is 437 g/mol. The van der Waals surface area contributed by atoms with Crippen LogP contribution in [0.1, 0.15) is 44.4 Å². The van der Waals surface area contributed by atoms with E-state index in [2.05, 4.69) is 17.2 Å². The van der Waals surface area contributed by atoms with Gasteiger partial charge in [-0.2, -0.15) is 0 Å². The lowest BCUT2D eigenvalue weighted by molar-refractivity contribution is -0.141. The molecule has 0 saturated carbocycles. The van der Waals surface area contributed by atoms with Crippen molar-refractivity contribution in [1.29, 1.82) is 0 Å². The average molecular weight is 438 g/mol. The van der Waals surface area contributed by atoms with Gasteiger partial charge in [0, 0.05) is 42.1 Å². The summed E-state index contributed by atoms with van der Waals surface area (Å²) in [5.41, 5.74) is 1.83. The van der Waals surface area contributed by atoms with E-state index in [9.17, 15) is 14.7 Å². The minimum absolute atomic E-state index is 0.187. The molecule has 29 heavy (non-hydrogen) atoms. The molecule has 0 saturated heterocycles. The highest BCUT2D eigenvalue weighted by Gasteiger charge is 2.23. The zero-order valence-corrected chi connectivity index (χ0v) is 18.4. The number of aryl methyl sites for hydroxylation is 1. The Morgan fingerprint density at radius 1 is 1.28 bits per heavy atom. The molecule has 158 valence electrons. The number of hydrogen-bond acceptors (Lipinski definition) is 4. The lowest BCUT2D eigenvalue weighted by Crippen LogP contribution is -2.42. The highest BCUT2D eigenvalue weighted by atomic mass is 35.5. The number of carbonyl (C=O) groups is 2. The topological polar surface area (TPSA) is 84.2 Å². The fourth-order valence-electron chi connectivity index (χ4n) is 2.94. The van der Waals surface area contributed by atoms with E-state index >= 15 is 0 Å². The molecule has 0 spiro atoms. The first-order valence-corrected chi connectivity index (χ1v) is 11.2. The Balaban J connectivity index is 2.21. The maximum absolute atomic E-state index is 11.9. The van der Waals surface area contributed by atoms with Gasteiger partial charge in [0.15, 0.2) is 5.16 Å². The van der Waals surface area contributed by atoms with Crippen molar-refractivity contribution in [3.05, 3.63) is 46.7 Å². The number of thioether (sulfide) groups is 1. The van der Waals surface area contributed by atoms with Crippen LogP contribution in [-0.4, -0.2) is 38.3 Å². The molecule has 2 aromatic rings. The van der Waals surface area contributed by atoms with E-state index < -0.39 is 12.0 Å². The molecule has 0 radical (unpaired) electrons. The van der Waals surface area contributed by atoms with Gasteiger partial charge in [-0.05, 0) is 30.9 Å². The molecule has 0 fully saturated rings. The summed E-state index contributed by atoms with van der Waals surface area (Å²) in [5.74, 6) is -0.364. The summed E-state index contributed by atoms with van der Waals surface area (Å²) >= 11 is 7.93. The van der Waals surface area contributed by atoms with E-state index in [1.807, 2.05) is 35.8 Å². The Bertz CT molecular complexity index is 825. The van der Waals surface area contributed by atoms with E-state index in [1.165, 1.54) is 0 Å². The maximum atomic E-state index is 11.9. The molecule has 0 unspecified atom stereocenters. The first kappa shape index (κ1) is 23.3. The number of aliphatic carboxylic acids is 1. The Kier molecular flexibility index (Phi) is 9.54. The summed E-state index contributed by atoms with van der Waals surface area (Å²) < 4.78 is 2.05. The summed E-state index contributed by atoms with van der Waals surface area (Å²) in [6, 6.07) is 6.72. The van der Waals surface area contributed by atoms with E-state index in [-0.39, 0.29) is 12.3 Å². The Morgan fingerprint density at radius 3 is 2.69 bits per heavy atom. The van der Waals surface area contributed by atoms with Crippen LogP contribution in [-0.2, 0) is 29.0 Å². The zero-order valence-electron chi connectivity index (χ0n) is 16.9. The first-order chi connectivity index (χ1) is 14.0. The fraction of sp³-hybridized carbons (Fsp3) is 0.476. The van der Waals surface area contributed by atoms with Crippen molar-refractivity contribution in [1.82, 2.24) is 14.9 Å². The molecular formula is C21H28ClN3O3S. The van der Waals surface area contributed by atoms with E-state index in [1.54, 1.807) is 18.0 Å². The second kappa shape index (κ2) is 11.9. The minimum Gasteiger partial charge on any atom is -0.480 e. The van der Waals surface area contributed by atoms with Gasteiger partial charge in [0.25, 0.3) is 0 Å². The quantitative estimate of drug-likeness (QED) is 0.486. The number of carbonyl (C=O) groups excluding carboxylic acids is 1. The number of nitrogens with one attached hydrogen (secondary N) is 1. The van der Waals surface area contributed by atoms with Gasteiger partial charge in [-0.1, -0.05) is 55.4 Å². The van der Waals surface area contributed by atoms with Crippen molar-refractivity contribution in [3.8, 4) is 0 Å². The number of rotatable bonds is 12. The van der Waals surface area contributed by atoms with Crippen molar-refractivity contribution in [2.45, 2.75) is 63.7 Å². The highest BCUT2D eigenvalue weighted by molar-refractivity contribution is 7.99. The lowest BCUT2D eigenvalue weighted by Gasteiger charge is -2.17. The van der Waals surface area contributed by atoms with Crippen molar-refractivity contribution >= 4 is 35.2 Å². The number of benzene rings is 1. The zero-order chi connectivity index (χ0) is 21.2. The lowest BCUT2D eigenvalue weighted by atomic mass is 10.1. The molecule has 0 bridgehead atoms. The first-order valence-electron chi connectivity index (χ1n) is 9.89. The summed E-state index contributed by atoms with van der Waals surface area (Å²) in [4.78, 5) is 28.1. The van der Waals surface area contributed by atoms with Gasteiger partial charge in [0.2, 0.25) is 5.91 Å². The van der Waals surface area contributed by atoms with Crippen LogP contribution in [0.5, 0.6) is 0 Å². The standard InChI is InChI=1S/C21H28ClN3O3S/c1-3-7-19(26)24-18(20(27)28)13-16-14-23-21(29-12-4-2)25(16)11-10-15-8-5-6-9-17(15)22/h5-6,8-9,14,18H,3-4,7,10-13H2,1-2H3,(H,24,26)(H,27,28)/t18-/m0/s1. The molecule has 0 aliphatic heterocycles. The number of carboxylic acids is 1. The number of hydrogen-bond donors (Lipinski definition) is 2. The predicted molar refractivity (Wildman–Crippen MR) is 117 cm³/mol. The van der Waals surface area contributed by atoms with Crippen molar-refractivity contribution in [2.24, 2.45) is 0 Å². The molecule has 1 aromatic carbocycles. The molecule has 8 heteroatoms. The largest absolute Gasteiger partial charge is 0.480 e. The van der Waals surface area contributed by atoms with Gasteiger partial charge >= 0.3 is 5.97 Å².